The number of aliphatic hydroxyl groups is 2. The molecule has 0 spiro atoms. The van der Waals surface area contributed by atoms with Crippen LogP contribution in [0.1, 0.15) is 0 Å². The maximum atomic E-state index is 12.4. The van der Waals surface area contributed by atoms with Crippen molar-refractivity contribution in [3.8, 4) is 0 Å². The highest BCUT2D eigenvalue weighted by Gasteiger charge is 2.24. The lowest BCUT2D eigenvalue weighted by Crippen LogP contribution is -2.34. The molecular weight excluding hydrogens is 300 g/mol. The molecule has 0 aliphatic rings. The fourth-order valence-corrected chi connectivity index (χ4v) is 3.86. The quantitative estimate of drug-likeness (QED) is 0.811. The van der Waals surface area contributed by atoms with Crippen molar-refractivity contribution in [1.29, 1.82) is 0 Å². The van der Waals surface area contributed by atoms with Crippen LogP contribution in [0.15, 0.2) is 28.6 Å². The number of hydrogen-bond donors (Lipinski definition) is 2. The predicted octanol–water partition coefficient (Wildman–Crippen LogP) is 0.518. The van der Waals surface area contributed by atoms with E-state index in [-0.39, 0.29) is 24.7 Å². The smallest absolute Gasteiger partial charge is 0.244 e. The lowest BCUT2D eigenvalue weighted by atomic mass is 10.2. The summed E-state index contributed by atoms with van der Waals surface area (Å²) < 4.78 is 26.7. The van der Waals surface area contributed by atoms with E-state index in [4.69, 9.17) is 10.2 Å². The van der Waals surface area contributed by atoms with Crippen LogP contribution in [0.25, 0.3) is 10.2 Å². The maximum Gasteiger partial charge on any atom is 0.244 e. The Kier molecular flexibility index (Phi) is 4.71. The molecule has 0 saturated carbocycles. The molecule has 0 amide bonds. The van der Waals surface area contributed by atoms with Crippen molar-refractivity contribution in [1.82, 2.24) is 9.29 Å². The number of sulfonamides is 1. The van der Waals surface area contributed by atoms with Crippen molar-refractivity contribution in [3.05, 3.63) is 23.7 Å². The Labute approximate surface area is 121 Å². The summed E-state index contributed by atoms with van der Waals surface area (Å²) in [5, 5.41) is 19.9. The first-order chi connectivity index (χ1) is 9.48. The molecule has 0 saturated heterocycles. The zero-order chi connectivity index (χ0) is 14.8. The molecule has 0 unspecified atom stereocenters. The Bertz CT molecular complexity index is 680. The molecule has 20 heavy (non-hydrogen) atoms. The van der Waals surface area contributed by atoms with Crippen molar-refractivity contribution >= 4 is 31.6 Å². The zero-order valence-corrected chi connectivity index (χ0v) is 12.6. The molecule has 0 radical (unpaired) electrons. The summed E-state index contributed by atoms with van der Waals surface area (Å²) >= 11 is 1.43. The van der Waals surface area contributed by atoms with E-state index in [0.717, 1.165) is 14.5 Å². The van der Waals surface area contributed by atoms with Crippen LogP contribution >= 0.6 is 11.3 Å². The van der Waals surface area contributed by atoms with Crippen LogP contribution in [0.4, 0.5) is 0 Å². The topological polar surface area (TPSA) is 90.7 Å². The molecule has 8 heteroatoms. The monoisotopic (exact) mass is 316 g/mol. The van der Waals surface area contributed by atoms with Crippen LogP contribution < -0.4 is 0 Å². The second-order valence-electron chi connectivity index (χ2n) is 4.49. The number of aromatic nitrogens is 1. The summed E-state index contributed by atoms with van der Waals surface area (Å²) in [5.41, 5.74) is 0.764. The van der Waals surface area contributed by atoms with Crippen LogP contribution in [0, 0.1) is 5.92 Å². The van der Waals surface area contributed by atoms with Crippen LogP contribution in [0.2, 0.25) is 0 Å². The Morgan fingerprint density at radius 3 is 2.75 bits per heavy atom. The van der Waals surface area contributed by atoms with Gasteiger partial charge in [-0.25, -0.2) is 12.7 Å². The van der Waals surface area contributed by atoms with E-state index < -0.39 is 15.9 Å². The van der Waals surface area contributed by atoms with Gasteiger partial charge in [0.05, 0.1) is 10.2 Å². The molecule has 2 heterocycles. The third kappa shape index (κ3) is 2.99. The molecule has 2 aromatic heterocycles. The Hall–Kier alpha value is -1.06. The van der Waals surface area contributed by atoms with Gasteiger partial charge in [-0.1, -0.05) is 0 Å². The molecular formula is C12H16N2O4S2. The molecule has 0 aliphatic heterocycles. The van der Waals surface area contributed by atoms with E-state index in [1.807, 2.05) is 11.4 Å². The number of aliphatic hydroxyl groups excluding tert-OH is 2. The van der Waals surface area contributed by atoms with Gasteiger partial charge in [0.2, 0.25) is 10.0 Å². The number of rotatable bonds is 6. The number of thiophene rings is 1. The average molecular weight is 316 g/mol. The lowest BCUT2D eigenvalue weighted by Gasteiger charge is -2.21. The minimum Gasteiger partial charge on any atom is -0.396 e. The average Bonchev–Trinajstić information content (AvgIpc) is 2.91. The molecule has 0 bridgehead atoms. The molecule has 2 rings (SSSR count). The SMILES string of the molecule is CN(CC(CO)CO)S(=O)(=O)c1cnc2ccsc2c1. The third-order valence-electron chi connectivity index (χ3n) is 3.02. The summed E-state index contributed by atoms with van der Waals surface area (Å²) in [4.78, 5) is 4.23. The second kappa shape index (κ2) is 6.15. The Balaban J connectivity index is 2.28. The van der Waals surface area contributed by atoms with Gasteiger partial charge in [0, 0.05) is 38.9 Å². The molecule has 0 atom stereocenters. The van der Waals surface area contributed by atoms with E-state index in [1.54, 1.807) is 6.07 Å². The lowest BCUT2D eigenvalue weighted by molar-refractivity contribution is 0.137. The Morgan fingerprint density at radius 1 is 1.40 bits per heavy atom. The molecule has 0 aromatic carbocycles. The normalized spacial score (nSPS) is 12.7. The highest BCUT2D eigenvalue weighted by Crippen LogP contribution is 2.23. The first-order valence-electron chi connectivity index (χ1n) is 6.00. The summed E-state index contributed by atoms with van der Waals surface area (Å²) in [7, 11) is -2.25. The van der Waals surface area contributed by atoms with Crippen molar-refractivity contribution < 1.29 is 18.6 Å². The highest BCUT2D eigenvalue weighted by molar-refractivity contribution is 7.89. The molecule has 2 N–H and O–H groups in total. The van der Waals surface area contributed by atoms with E-state index in [0.29, 0.717) is 0 Å². The van der Waals surface area contributed by atoms with E-state index in [2.05, 4.69) is 4.98 Å². The number of pyridine rings is 1. The van der Waals surface area contributed by atoms with Crippen molar-refractivity contribution in [2.45, 2.75) is 4.90 Å². The van der Waals surface area contributed by atoms with Gasteiger partial charge in [0.25, 0.3) is 0 Å². The first kappa shape index (κ1) is 15.3. The minimum atomic E-state index is -3.67. The maximum absolute atomic E-state index is 12.4. The minimum absolute atomic E-state index is 0.0534. The van der Waals surface area contributed by atoms with Gasteiger partial charge in [-0.2, -0.15) is 0 Å². The van der Waals surface area contributed by atoms with Crippen LogP contribution in [-0.4, -0.2) is 54.7 Å². The second-order valence-corrected chi connectivity index (χ2v) is 7.48. The summed E-state index contributed by atoms with van der Waals surface area (Å²) in [6.07, 6.45) is 1.33. The number of nitrogens with zero attached hydrogens (tertiary/aromatic N) is 2. The van der Waals surface area contributed by atoms with E-state index in [1.165, 1.54) is 24.6 Å². The predicted molar refractivity (Wildman–Crippen MR) is 77.1 cm³/mol. The molecule has 110 valence electrons. The number of fused-ring (bicyclic) bond motifs is 1. The highest BCUT2D eigenvalue weighted by atomic mass is 32.2. The molecule has 0 fully saturated rings. The standard InChI is InChI=1S/C12H16N2O4S2/c1-14(6-9(7-15)8-16)20(17,18)10-4-12-11(13-5-10)2-3-19-12/h2-5,9,15-16H,6-8H2,1H3. The summed E-state index contributed by atoms with van der Waals surface area (Å²) in [5.74, 6) is -0.492. The molecule has 0 aliphatic carbocycles. The fourth-order valence-electron chi connectivity index (χ4n) is 1.78. The van der Waals surface area contributed by atoms with Gasteiger partial charge in [0.15, 0.2) is 0 Å². The Morgan fingerprint density at radius 2 is 2.10 bits per heavy atom. The summed E-state index contributed by atoms with van der Waals surface area (Å²) in [6, 6.07) is 3.42. The van der Waals surface area contributed by atoms with Crippen LogP contribution in [-0.2, 0) is 10.0 Å². The van der Waals surface area contributed by atoms with Gasteiger partial charge in [0.1, 0.15) is 4.90 Å². The van der Waals surface area contributed by atoms with Crippen molar-refractivity contribution in [3.63, 3.8) is 0 Å². The first-order valence-corrected chi connectivity index (χ1v) is 8.32. The van der Waals surface area contributed by atoms with Gasteiger partial charge in [-0.3, -0.25) is 4.98 Å². The van der Waals surface area contributed by atoms with Crippen LogP contribution in [0.3, 0.4) is 0 Å². The van der Waals surface area contributed by atoms with E-state index in [9.17, 15) is 8.42 Å². The summed E-state index contributed by atoms with van der Waals surface area (Å²) in [6.45, 7) is -0.477. The van der Waals surface area contributed by atoms with Gasteiger partial charge >= 0.3 is 0 Å². The van der Waals surface area contributed by atoms with Gasteiger partial charge < -0.3 is 10.2 Å². The third-order valence-corrected chi connectivity index (χ3v) is 5.66. The fraction of sp³-hybridized carbons (Fsp3) is 0.417. The van der Waals surface area contributed by atoms with Gasteiger partial charge in [-0.15, -0.1) is 11.3 Å². The van der Waals surface area contributed by atoms with Crippen LogP contribution in [0.5, 0.6) is 0 Å². The largest absolute Gasteiger partial charge is 0.396 e. The van der Waals surface area contributed by atoms with Gasteiger partial charge in [-0.05, 0) is 17.5 Å². The van der Waals surface area contributed by atoms with E-state index >= 15 is 0 Å². The molecule has 6 nitrogen and oxygen atoms in total. The van der Waals surface area contributed by atoms with Crippen molar-refractivity contribution in [2.24, 2.45) is 5.92 Å². The number of hydrogen-bond acceptors (Lipinski definition) is 6. The van der Waals surface area contributed by atoms with Crippen molar-refractivity contribution in [2.75, 3.05) is 26.8 Å². The molecule has 2 aromatic rings. The zero-order valence-electron chi connectivity index (χ0n) is 10.9.